The van der Waals surface area contributed by atoms with E-state index in [0.29, 0.717) is 23.2 Å². The smallest absolute Gasteiger partial charge is 0.159 e. The zero-order valence-corrected chi connectivity index (χ0v) is 13.4. The van der Waals surface area contributed by atoms with Crippen molar-refractivity contribution in [3.63, 3.8) is 0 Å². The van der Waals surface area contributed by atoms with Crippen molar-refractivity contribution in [3.8, 4) is 0 Å². The van der Waals surface area contributed by atoms with Gasteiger partial charge in [-0.1, -0.05) is 20.8 Å². The van der Waals surface area contributed by atoms with Gasteiger partial charge in [0, 0.05) is 17.9 Å². The minimum absolute atomic E-state index is 0.0417. The van der Waals surface area contributed by atoms with Gasteiger partial charge in [-0.2, -0.15) is 0 Å². The van der Waals surface area contributed by atoms with E-state index in [4.69, 9.17) is 0 Å². The summed E-state index contributed by atoms with van der Waals surface area (Å²) in [6.07, 6.45) is 3.10. The van der Waals surface area contributed by atoms with Gasteiger partial charge in [-0.15, -0.1) is 0 Å². The van der Waals surface area contributed by atoms with E-state index >= 15 is 0 Å². The molecular weight excluding hydrogens is 267 g/mol. The summed E-state index contributed by atoms with van der Waals surface area (Å²) in [5.41, 5.74) is 0.543. The predicted octanol–water partition coefficient (Wildman–Crippen LogP) is 4.68. The zero-order chi connectivity index (χ0) is 16.0. The molecule has 1 fully saturated rings. The number of halogens is 1. The lowest BCUT2D eigenvalue weighted by Gasteiger charge is -2.11. The number of benzene rings is 1. The molecule has 0 saturated heterocycles. The Bertz CT molecular complexity index is 478. The van der Waals surface area contributed by atoms with Gasteiger partial charge in [0.05, 0.1) is 0 Å². The van der Waals surface area contributed by atoms with Crippen LogP contribution in [0.5, 0.6) is 0 Å². The van der Waals surface area contributed by atoms with Crippen LogP contribution >= 0.6 is 0 Å². The zero-order valence-electron chi connectivity index (χ0n) is 13.4. The highest BCUT2D eigenvalue weighted by atomic mass is 19.1. The third-order valence-electron chi connectivity index (χ3n) is 4.13. The normalized spacial score (nSPS) is 24.1. The summed E-state index contributed by atoms with van der Waals surface area (Å²) in [6.45, 7) is 7.88. The summed E-state index contributed by atoms with van der Waals surface area (Å²) in [4.78, 5) is 22.0. The Hall–Kier alpha value is -1.51. The molecule has 116 valence electrons. The van der Waals surface area contributed by atoms with Crippen LogP contribution < -0.4 is 0 Å². The lowest BCUT2D eigenvalue weighted by molar-refractivity contribution is -0.123. The van der Waals surface area contributed by atoms with Crippen LogP contribution in [0.1, 0.15) is 57.3 Å². The van der Waals surface area contributed by atoms with Crippen LogP contribution in [-0.2, 0) is 4.79 Å². The highest BCUT2D eigenvalue weighted by Gasteiger charge is 2.32. The van der Waals surface area contributed by atoms with Gasteiger partial charge in [0.2, 0.25) is 0 Å². The molecule has 1 aliphatic carbocycles. The molecule has 0 bridgehead atoms. The number of ketones is 2. The molecule has 21 heavy (non-hydrogen) atoms. The average molecular weight is 292 g/mol. The molecule has 0 spiro atoms. The van der Waals surface area contributed by atoms with E-state index in [1.807, 2.05) is 6.92 Å². The van der Waals surface area contributed by atoms with E-state index in [0.717, 1.165) is 18.8 Å². The Labute approximate surface area is 126 Å². The van der Waals surface area contributed by atoms with Crippen LogP contribution in [0.15, 0.2) is 24.3 Å². The Morgan fingerprint density at radius 1 is 1.14 bits per heavy atom. The maximum Gasteiger partial charge on any atom is 0.159 e. The van der Waals surface area contributed by atoms with Crippen molar-refractivity contribution in [2.45, 2.75) is 47.0 Å². The van der Waals surface area contributed by atoms with Gasteiger partial charge in [-0.3, -0.25) is 9.59 Å². The quantitative estimate of drug-likeness (QED) is 0.758. The Kier molecular flexibility index (Phi) is 6.73. The second-order valence-corrected chi connectivity index (χ2v) is 6.04. The summed E-state index contributed by atoms with van der Waals surface area (Å²) in [7, 11) is 0. The number of carbonyl (C=O) groups excluding carboxylic acids is 2. The SMILES string of the molecule is CC(=O)c1ccc(F)cc1.CCC(=O)[C@@H]1C[C@H](C)CC1C. The highest BCUT2D eigenvalue weighted by molar-refractivity contribution is 5.93. The molecule has 0 amide bonds. The molecule has 1 aliphatic rings. The minimum atomic E-state index is -0.315. The Morgan fingerprint density at radius 2 is 1.71 bits per heavy atom. The molecule has 1 saturated carbocycles. The number of hydrogen-bond acceptors (Lipinski definition) is 2. The van der Waals surface area contributed by atoms with Crippen molar-refractivity contribution >= 4 is 11.6 Å². The molecule has 0 aromatic heterocycles. The molecule has 2 nitrogen and oxygen atoms in total. The summed E-state index contributed by atoms with van der Waals surface area (Å²) >= 11 is 0. The van der Waals surface area contributed by atoms with Gasteiger partial charge in [0.1, 0.15) is 11.6 Å². The summed E-state index contributed by atoms with van der Waals surface area (Å²) in [6, 6.07) is 5.49. The van der Waals surface area contributed by atoms with E-state index < -0.39 is 0 Å². The van der Waals surface area contributed by atoms with Gasteiger partial charge in [-0.25, -0.2) is 4.39 Å². The van der Waals surface area contributed by atoms with Crippen molar-refractivity contribution in [3.05, 3.63) is 35.6 Å². The average Bonchev–Trinajstić information content (AvgIpc) is 2.78. The Morgan fingerprint density at radius 3 is 2.10 bits per heavy atom. The lowest BCUT2D eigenvalue weighted by atomic mass is 9.92. The van der Waals surface area contributed by atoms with Crippen molar-refractivity contribution in [2.24, 2.45) is 17.8 Å². The van der Waals surface area contributed by atoms with E-state index in [1.165, 1.54) is 37.6 Å². The Balaban J connectivity index is 0.000000211. The number of carbonyl (C=O) groups is 2. The highest BCUT2D eigenvalue weighted by Crippen LogP contribution is 2.36. The monoisotopic (exact) mass is 292 g/mol. The van der Waals surface area contributed by atoms with Crippen molar-refractivity contribution in [2.75, 3.05) is 0 Å². The first-order chi connectivity index (χ1) is 9.85. The topological polar surface area (TPSA) is 34.1 Å². The van der Waals surface area contributed by atoms with Crippen LogP contribution in [0.3, 0.4) is 0 Å². The van der Waals surface area contributed by atoms with Crippen LogP contribution in [0.2, 0.25) is 0 Å². The van der Waals surface area contributed by atoms with Gasteiger partial charge >= 0.3 is 0 Å². The number of Topliss-reactive ketones (excluding diaryl/α,β-unsaturated/α-hetero) is 2. The van der Waals surface area contributed by atoms with Crippen molar-refractivity contribution in [1.82, 2.24) is 0 Å². The third kappa shape index (κ3) is 5.41. The molecular formula is C18H25FO2. The van der Waals surface area contributed by atoms with Crippen LogP contribution in [-0.4, -0.2) is 11.6 Å². The van der Waals surface area contributed by atoms with Crippen molar-refractivity contribution < 1.29 is 14.0 Å². The molecule has 0 aliphatic heterocycles. The fraction of sp³-hybridized carbons (Fsp3) is 0.556. The van der Waals surface area contributed by atoms with Gasteiger partial charge in [-0.05, 0) is 55.9 Å². The number of rotatable bonds is 3. The van der Waals surface area contributed by atoms with Crippen molar-refractivity contribution in [1.29, 1.82) is 0 Å². The molecule has 1 unspecified atom stereocenters. The molecule has 0 radical (unpaired) electrons. The first-order valence-corrected chi connectivity index (χ1v) is 7.64. The van der Waals surface area contributed by atoms with E-state index in [9.17, 15) is 14.0 Å². The van der Waals surface area contributed by atoms with Crippen LogP contribution in [0, 0.1) is 23.6 Å². The second-order valence-electron chi connectivity index (χ2n) is 6.04. The maximum absolute atomic E-state index is 12.2. The molecule has 1 aromatic rings. The molecule has 3 heteroatoms. The fourth-order valence-electron chi connectivity index (χ4n) is 2.96. The van der Waals surface area contributed by atoms with Crippen LogP contribution in [0.25, 0.3) is 0 Å². The lowest BCUT2D eigenvalue weighted by Crippen LogP contribution is -2.15. The molecule has 0 N–H and O–H groups in total. The molecule has 3 atom stereocenters. The first-order valence-electron chi connectivity index (χ1n) is 7.64. The molecule has 2 rings (SSSR count). The standard InChI is InChI=1S/C10H18O.C8H7FO/c1-4-10(11)9-6-7(2)5-8(9)3;1-6(10)7-2-4-8(9)5-3-7/h7-9H,4-6H2,1-3H3;2-5H,1H3/t7-,8?,9-;/m1./s1. The summed E-state index contributed by atoms with van der Waals surface area (Å²) in [5, 5.41) is 0. The van der Waals surface area contributed by atoms with Gasteiger partial charge in [0.25, 0.3) is 0 Å². The van der Waals surface area contributed by atoms with E-state index in [1.54, 1.807) is 0 Å². The fourth-order valence-corrected chi connectivity index (χ4v) is 2.96. The molecule has 0 heterocycles. The van der Waals surface area contributed by atoms with E-state index in [-0.39, 0.29) is 11.6 Å². The van der Waals surface area contributed by atoms with E-state index in [2.05, 4.69) is 13.8 Å². The van der Waals surface area contributed by atoms with Crippen LogP contribution in [0.4, 0.5) is 4.39 Å². The predicted molar refractivity (Wildman–Crippen MR) is 82.8 cm³/mol. The summed E-state index contributed by atoms with van der Waals surface area (Å²) < 4.78 is 12.2. The van der Waals surface area contributed by atoms with Gasteiger partial charge in [0.15, 0.2) is 5.78 Å². The maximum atomic E-state index is 12.2. The number of hydrogen-bond donors (Lipinski definition) is 0. The minimum Gasteiger partial charge on any atom is -0.299 e. The summed E-state index contributed by atoms with van der Waals surface area (Å²) in [5.74, 6) is 1.91. The largest absolute Gasteiger partial charge is 0.299 e. The van der Waals surface area contributed by atoms with Gasteiger partial charge < -0.3 is 0 Å². The third-order valence-corrected chi connectivity index (χ3v) is 4.13. The second kappa shape index (κ2) is 8.06. The molecule has 1 aromatic carbocycles. The first kappa shape index (κ1) is 17.5.